The molecule has 0 spiro atoms. The maximum Gasteiger partial charge on any atom is 0.287 e. The molecular formula is C13H18ClNO2. The molecule has 2 atom stereocenters. The third-order valence-corrected chi connectivity index (χ3v) is 3.90. The number of alkyl halides is 1. The monoisotopic (exact) mass is 255 g/mol. The Labute approximate surface area is 107 Å². The molecule has 94 valence electrons. The van der Waals surface area contributed by atoms with Gasteiger partial charge in [0.15, 0.2) is 5.76 Å². The molecule has 1 aromatic rings. The zero-order valence-electron chi connectivity index (χ0n) is 10.0. The Morgan fingerprint density at radius 2 is 2.24 bits per heavy atom. The Hall–Kier alpha value is -0.960. The lowest BCUT2D eigenvalue weighted by molar-refractivity contribution is 0.0915. The van der Waals surface area contributed by atoms with Gasteiger partial charge in [0, 0.05) is 12.4 Å². The van der Waals surface area contributed by atoms with Crippen LogP contribution in [0.1, 0.15) is 35.6 Å². The third-order valence-electron chi connectivity index (χ3n) is 3.50. The first-order chi connectivity index (χ1) is 8.20. The molecule has 0 saturated heterocycles. The maximum atomic E-state index is 11.8. The highest BCUT2D eigenvalue weighted by molar-refractivity contribution is 6.18. The molecule has 0 radical (unpaired) electrons. The lowest BCUT2D eigenvalue weighted by atomic mass is 9.98. The second-order valence-corrected chi connectivity index (χ2v) is 5.03. The van der Waals surface area contributed by atoms with Gasteiger partial charge >= 0.3 is 0 Å². The second-order valence-electron chi connectivity index (χ2n) is 4.73. The molecule has 0 aromatic carbocycles. The minimum atomic E-state index is -0.127. The normalized spacial score (nSPS) is 23.9. The van der Waals surface area contributed by atoms with E-state index < -0.39 is 0 Å². The van der Waals surface area contributed by atoms with E-state index in [0.717, 1.165) is 12.2 Å². The van der Waals surface area contributed by atoms with Crippen molar-refractivity contribution in [1.29, 1.82) is 0 Å². The molecule has 1 amide bonds. The van der Waals surface area contributed by atoms with Crippen LogP contribution in [0, 0.1) is 18.8 Å². The molecule has 1 heterocycles. The lowest BCUT2D eigenvalue weighted by Gasteiger charge is -2.17. The third kappa shape index (κ3) is 3.03. The van der Waals surface area contributed by atoms with Gasteiger partial charge in [0.25, 0.3) is 5.91 Å². The van der Waals surface area contributed by atoms with E-state index in [0.29, 0.717) is 30.0 Å². The first-order valence-electron chi connectivity index (χ1n) is 6.11. The standard InChI is InChI=1S/C13H18ClNO2/c1-9-5-6-12(17-9)13(16)15-8-11-4-2-3-10(11)7-14/h5-6,10-11H,2-4,7-8H2,1H3,(H,15,16). The van der Waals surface area contributed by atoms with Crippen LogP contribution in [-0.2, 0) is 0 Å². The molecule has 1 aliphatic carbocycles. The number of amides is 1. The molecule has 3 nitrogen and oxygen atoms in total. The molecule has 17 heavy (non-hydrogen) atoms. The van der Waals surface area contributed by atoms with Crippen LogP contribution in [0.2, 0.25) is 0 Å². The number of furan rings is 1. The molecule has 2 unspecified atom stereocenters. The van der Waals surface area contributed by atoms with Crippen LogP contribution < -0.4 is 5.32 Å². The Kier molecular flexibility index (Phi) is 4.11. The van der Waals surface area contributed by atoms with Gasteiger partial charge in [-0.25, -0.2) is 0 Å². The van der Waals surface area contributed by atoms with Crippen molar-refractivity contribution in [2.45, 2.75) is 26.2 Å². The van der Waals surface area contributed by atoms with E-state index in [1.807, 2.05) is 6.92 Å². The Morgan fingerprint density at radius 1 is 1.47 bits per heavy atom. The molecule has 1 fully saturated rings. The van der Waals surface area contributed by atoms with E-state index in [1.165, 1.54) is 12.8 Å². The number of hydrogen-bond acceptors (Lipinski definition) is 2. The number of aryl methyl sites for hydroxylation is 1. The molecule has 0 bridgehead atoms. The van der Waals surface area contributed by atoms with E-state index in [-0.39, 0.29) is 5.91 Å². The number of carbonyl (C=O) groups excluding carboxylic acids is 1. The minimum absolute atomic E-state index is 0.127. The average molecular weight is 256 g/mol. The molecule has 1 N–H and O–H groups in total. The number of hydrogen-bond donors (Lipinski definition) is 1. The van der Waals surface area contributed by atoms with Crippen molar-refractivity contribution >= 4 is 17.5 Å². The highest BCUT2D eigenvalue weighted by Gasteiger charge is 2.26. The Balaban J connectivity index is 1.84. The van der Waals surface area contributed by atoms with Gasteiger partial charge in [-0.15, -0.1) is 11.6 Å². The highest BCUT2D eigenvalue weighted by atomic mass is 35.5. The second kappa shape index (κ2) is 5.58. The predicted octanol–water partition coefficient (Wildman–Crippen LogP) is 2.97. The van der Waals surface area contributed by atoms with E-state index in [1.54, 1.807) is 12.1 Å². The summed E-state index contributed by atoms with van der Waals surface area (Å²) in [7, 11) is 0. The lowest BCUT2D eigenvalue weighted by Crippen LogP contribution is -2.31. The summed E-state index contributed by atoms with van der Waals surface area (Å²) in [6.07, 6.45) is 3.57. The van der Waals surface area contributed by atoms with Gasteiger partial charge in [-0.05, 0) is 43.7 Å². The summed E-state index contributed by atoms with van der Waals surface area (Å²) in [5, 5.41) is 2.93. The fourth-order valence-electron chi connectivity index (χ4n) is 2.45. The Bertz CT molecular complexity index is 389. The molecule has 1 saturated carbocycles. The molecular weight excluding hydrogens is 238 g/mol. The van der Waals surface area contributed by atoms with E-state index >= 15 is 0 Å². The number of rotatable bonds is 4. The summed E-state index contributed by atoms with van der Waals surface area (Å²) < 4.78 is 5.28. The van der Waals surface area contributed by atoms with Gasteiger partial charge in [0.05, 0.1) is 0 Å². The van der Waals surface area contributed by atoms with Crippen molar-refractivity contribution in [3.8, 4) is 0 Å². The van der Waals surface area contributed by atoms with Crippen LogP contribution in [0.15, 0.2) is 16.5 Å². The fourth-order valence-corrected chi connectivity index (χ4v) is 2.86. The van der Waals surface area contributed by atoms with Crippen molar-refractivity contribution in [2.75, 3.05) is 12.4 Å². The summed E-state index contributed by atoms with van der Waals surface area (Å²) in [5.74, 6) is 2.79. The molecule has 1 aliphatic rings. The zero-order valence-corrected chi connectivity index (χ0v) is 10.8. The maximum absolute atomic E-state index is 11.8. The van der Waals surface area contributed by atoms with Gasteiger partial charge in [0.2, 0.25) is 0 Å². The average Bonchev–Trinajstić information content (AvgIpc) is 2.94. The van der Waals surface area contributed by atoms with Crippen molar-refractivity contribution in [3.05, 3.63) is 23.7 Å². The van der Waals surface area contributed by atoms with Gasteiger partial charge in [-0.2, -0.15) is 0 Å². The SMILES string of the molecule is Cc1ccc(C(=O)NCC2CCCC2CCl)o1. The first kappa shape index (κ1) is 12.5. The first-order valence-corrected chi connectivity index (χ1v) is 6.64. The van der Waals surface area contributed by atoms with Crippen LogP contribution in [0.3, 0.4) is 0 Å². The fraction of sp³-hybridized carbons (Fsp3) is 0.615. The van der Waals surface area contributed by atoms with Crippen LogP contribution >= 0.6 is 11.6 Å². The smallest absolute Gasteiger partial charge is 0.287 e. The van der Waals surface area contributed by atoms with Gasteiger partial charge in [-0.3, -0.25) is 4.79 Å². The Morgan fingerprint density at radius 3 is 2.88 bits per heavy atom. The summed E-state index contributed by atoms with van der Waals surface area (Å²) in [6, 6.07) is 3.50. The van der Waals surface area contributed by atoms with E-state index in [9.17, 15) is 4.79 Å². The molecule has 4 heteroatoms. The van der Waals surface area contributed by atoms with Crippen LogP contribution in [0.4, 0.5) is 0 Å². The van der Waals surface area contributed by atoms with Crippen molar-refractivity contribution in [3.63, 3.8) is 0 Å². The van der Waals surface area contributed by atoms with Gasteiger partial charge in [-0.1, -0.05) is 6.42 Å². The molecule has 0 aliphatic heterocycles. The highest BCUT2D eigenvalue weighted by Crippen LogP contribution is 2.31. The van der Waals surface area contributed by atoms with Gasteiger partial charge in [0.1, 0.15) is 5.76 Å². The largest absolute Gasteiger partial charge is 0.456 e. The summed E-state index contributed by atoms with van der Waals surface area (Å²) in [5.41, 5.74) is 0. The summed E-state index contributed by atoms with van der Waals surface area (Å²) in [6.45, 7) is 2.53. The topological polar surface area (TPSA) is 42.2 Å². The van der Waals surface area contributed by atoms with E-state index in [2.05, 4.69) is 5.32 Å². The number of halogens is 1. The van der Waals surface area contributed by atoms with Crippen molar-refractivity contribution in [1.82, 2.24) is 5.32 Å². The molecule has 1 aromatic heterocycles. The van der Waals surface area contributed by atoms with Crippen LogP contribution in [-0.4, -0.2) is 18.3 Å². The van der Waals surface area contributed by atoms with Crippen molar-refractivity contribution in [2.24, 2.45) is 11.8 Å². The summed E-state index contributed by atoms with van der Waals surface area (Å²) in [4.78, 5) is 11.8. The van der Waals surface area contributed by atoms with Crippen LogP contribution in [0.5, 0.6) is 0 Å². The van der Waals surface area contributed by atoms with E-state index in [4.69, 9.17) is 16.0 Å². The van der Waals surface area contributed by atoms with Gasteiger partial charge < -0.3 is 9.73 Å². The predicted molar refractivity (Wildman–Crippen MR) is 67.3 cm³/mol. The minimum Gasteiger partial charge on any atom is -0.456 e. The van der Waals surface area contributed by atoms with Crippen LogP contribution in [0.25, 0.3) is 0 Å². The quantitative estimate of drug-likeness (QED) is 0.841. The zero-order chi connectivity index (χ0) is 12.3. The summed E-state index contributed by atoms with van der Waals surface area (Å²) >= 11 is 5.91. The van der Waals surface area contributed by atoms with Crippen molar-refractivity contribution < 1.29 is 9.21 Å². The number of carbonyl (C=O) groups is 1. The molecule has 2 rings (SSSR count). The number of nitrogens with one attached hydrogen (secondary N) is 1.